The van der Waals surface area contributed by atoms with E-state index in [0.29, 0.717) is 22.3 Å². The van der Waals surface area contributed by atoms with E-state index in [1.165, 1.54) is 4.52 Å². The number of ether oxygens (including phenoxy) is 1. The molecule has 0 aliphatic heterocycles. The lowest BCUT2D eigenvalue weighted by molar-refractivity contribution is -0.137. The summed E-state index contributed by atoms with van der Waals surface area (Å²) in [7, 11) is 0. The van der Waals surface area contributed by atoms with Gasteiger partial charge < -0.3 is 21.1 Å². The number of hydrogen-bond acceptors (Lipinski definition) is 6. The van der Waals surface area contributed by atoms with E-state index in [1.807, 2.05) is 0 Å². The molecule has 4 aromatic rings. The summed E-state index contributed by atoms with van der Waals surface area (Å²) in [4.78, 5) is 28.3. The zero-order chi connectivity index (χ0) is 26.0. The van der Waals surface area contributed by atoms with Crippen molar-refractivity contribution in [3.05, 3.63) is 71.1 Å². The first kappa shape index (κ1) is 24.8. The molecule has 4 rings (SSSR count). The van der Waals surface area contributed by atoms with Crippen LogP contribution in [0.4, 0.5) is 35.2 Å². The summed E-state index contributed by atoms with van der Waals surface area (Å²) in [5.74, 6) is -0.787. The molecule has 2 aromatic heterocycles. The Bertz CT molecular complexity index is 1450. The van der Waals surface area contributed by atoms with E-state index in [2.05, 4.69) is 20.7 Å². The van der Waals surface area contributed by atoms with Gasteiger partial charge in [0.1, 0.15) is 5.52 Å². The first-order valence-electron chi connectivity index (χ1n) is 10.4. The number of hydrogen-bond donors (Lipinski definition) is 3. The van der Waals surface area contributed by atoms with E-state index < -0.39 is 23.7 Å². The molecule has 186 valence electrons. The molecular weight excluding hydrogens is 501 g/mol. The Morgan fingerprint density at radius 1 is 1.11 bits per heavy atom. The zero-order valence-electron chi connectivity index (χ0n) is 18.6. The van der Waals surface area contributed by atoms with Crippen LogP contribution in [0.5, 0.6) is 0 Å². The van der Waals surface area contributed by atoms with Crippen molar-refractivity contribution >= 4 is 46.3 Å². The second-order valence-corrected chi connectivity index (χ2v) is 7.82. The Balaban J connectivity index is 1.51. The van der Waals surface area contributed by atoms with Crippen molar-refractivity contribution in [2.75, 3.05) is 23.0 Å². The van der Waals surface area contributed by atoms with Gasteiger partial charge in [-0.05, 0) is 48.9 Å². The molecule has 36 heavy (non-hydrogen) atoms. The number of carbonyl (C=O) groups excluding carboxylic acids is 2. The second kappa shape index (κ2) is 9.74. The van der Waals surface area contributed by atoms with Crippen LogP contribution in [0.3, 0.4) is 0 Å². The topological polar surface area (TPSA) is 124 Å². The van der Waals surface area contributed by atoms with Crippen molar-refractivity contribution in [2.45, 2.75) is 13.1 Å². The minimum absolute atomic E-state index is 0.0417. The van der Waals surface area contributed by atoms with Gasteiger partial charge in [-0.1, -0.05) is 23.7 Å². The van der Waals surface area contributed by atoms with E-state index in [4.69, 9.17) is 22.1 Å². The molecule has 2 heterocycles. The van der Waals surface area contributed by atoms with E-state index in [9.17, 15) is 22.8 Å². The molecule has 9 nitrogen and oxygen atoms in total. The largest absolute Gasteiger partial charge is 0.460 e. The summed E-state index contributed by atoms with van der Waals surface area (Å²) in [5, 5.41) is 8.93. The highest BCUT2D eigenvalue weighted by Gasteiger charge is 2.31. The number of esters is 1. The van der Waals surface area contributed by atoms with Gasteiger partial charge in [0.25, 0.3) is 5.82 Å². The van der Waals surface area contributed by atoms with Gasteiger partial charge >= 0.3 is 18.2 Å². The van der Waals surface area contributed by atoms with E-state index in [-0.39, 0.29) is 29.0 Å². The molecule has 2 aromatic carbocycles. The van der Waals surface area contributed by atoms with Gasteiger partial charge in [-0.2, -0.15) is 13.2 Å². The van der Waals surface area contributed by atoms with Crippen LogP contribution in [-0.2, 0) is 10.9 Å². The summed E-state index contributed by atoms with van der Waals surface area (Å²) < 4.78 is 45.1. The standard InChI is InChI=1S/C23H18ClF3N6O3/c1-2-36-21(34)20-31-19(28)18-15(9-10-33(18)32-20)12-3-6-14(7-4-12)29-22(35)30-17-11-13(23(25,26)27)5-8-16(17)24/h3-11H,2H2,1H3,(H2,28,31,32)(H2,29,30,35). The summed E-state index contributed by atoms with van der Waals surface area (Å²) in [6, 6.07) is 10.2. The molecule has 0 spiro atoms. The normalized spacial score (nSPS) is 11.4. The second-order valence-electron chi connectivity index (χ2n) is 7.41. The molecule has 13 heteroatoms. The highest BCUT2D eigenvalue weighted by Crippen LogP contribution is 2.34. The van der Waals surface area contributed by atoms with Crippen molar-refractivity contribution in [1.82, 2.24) is 14.6 Å². The first-order chi connectivity index (χ1) is 17.1. The molecule has 0 aliphatic rings. The van der Waals surface area contributed by atoms with Gasteiger partial charge in [-0.25, -0.2) is 19.1 Å². The number of rotatable bonds is 5. The van der Waals surface area contributed by atoms with Crippen LogP contribution in [0.1, 0.15) is 23.1 Å². The van der Waals surface area contributed by atoms with Crippen LogP contribution in [0, 0.1) is 0 Å². The summed E-state index contributed by atoms with van der Waals surface area (Å²) in [6.07, 6.45) is -2.96. The fraction of sp³-hybridized carbons (Fsp3) is 0.130. The third kappa shape index (κ3) is 5.18. The number of alkyl halides is 3. The number of aromatic nitrogens is 3. The van der Waals surface area contributed by atoms with Crippen molar-refractivity contribution in [1.29, 1.82) is 0 Å². The third-order valence-electron chi connectivity index (χ3n) is 4.99. The number of nitrogens with zero attached hydrogens (tertiary/aromatic N) is 3. The number of fused-ring (bicyclic) bond motifs is 1. The van der Waals surface area contributed by atoms with Gasteiger partial charge in [-0.3, -0.25) is 0 Å². The number of halogens is 4. The van der Waals surface area contributed by atoms with Crippen LogP contribution < -0.4 is 16.4 Å². The van der Waals surface area contributed by atoms with Crippen LogP contribution in [0.2, 0.25) is 5.02 Å². The quantitative estimate of drug-likeness (QED) is 0.301. The Labute approximate surface area is 207 Å². The van der Waals surface area contributed by atoms with Crippen LogP contribution >= 0.6 is 11.6 Å². The number of carbonyl (C=O) groups is 2. The molecule has 0 bridgehead atoms. The highest BCUT2D eigenvalue weighted by molar-refractivity contribution is 6.33. The smallest absolute Gasteiger partial charge is 0.416 e. The average molecular weight is 519 g/mol. The SMILES string of the molecule is CCOC(=O)c1nc(N)c2c(-c3ccc(NC(=O)Nc4cc(C(F)(F)F)ccc4Cl)cc3)ccn2n1. The highest BCUT2D eigenvalue weighted by atomic mass is 35.5. The summed E-state index contributed by atoms with van der Waals surface area (Å²) in [6.45, 7) is 1.83. The average Bonchev–Trinajstić information content (AvgIpc) is 3.25. The van der Waals surface area contributed by atoms with E-state index in [0.717, 1.165) is 18.2 Å². The molecular formula is C23H18ClF3N6O3. The lowest BCUT2D eigenvalue weighted by Gasteiger charge is -2.12. The summed E-state index contributed by atoms with van der Waals surface area (Å²) >= 11 is 5.92. The van der Waals surface area contributed by atoms with E-state index >= 15 is 0 Å². The predicted molar refractivity (Wildman–Crippen MR) is 128 cm³/mol. The van der Waals surface area contributed by atoms with Crippen LogP contribution in [0.25, 0.3) is 16.6 Å². The molecule has 2 amide bonds. The molecule has 0 radical (unpaired) electrons. The maximum Gasteiger partial charge on any atom is 0.416 e. The van der Waals surface area contributed by atoms with Crippen LogP contribution in [0.15, 0.2) is 54.7 Å². The van der Waals surface area contributed by atoms with Crippen LogP contribution in [-0.4, -0.2) is 33.2 Å². The fourth-order valence-electron chi connectivity index (χ4n) is 3.38. The molecule has 0 unspecified atom stereocenters. The Morgan fingerprint density at radius 3 is 2.50 bits per heavy atom. The third-order valence-corrected chi connectivity index (χ3v) is 5.32. The molecule has 4 N–H and O–H groups in total. The van der Waals surface area contributed by atoms with Crippen molar-refractivity contribution in [2.24, 2.45) is 0 Å². The van der Waals surface area contributed by atoms with Crippen molar-refractivity contribution in [3.8, 4) is 11.1 Å². The van der Waals surface area contributed by atoms with Gasteiger partial charge in [0.15, 0.2) is 5.82 Å². The molecule has 0 saturated carbocycles. The first-order valence-corrected chi connectivity index (χ1v) is 10.8. The molecule has 0 saturated heterocycles. The molecule has 0 fully saturated rings. The number of nitrogen functional groups attached to an aromatic ring is 1. The lowest BCUT2D eigenvalue weighted by Crippen LogP contribution is -2.20. The monoisotopic (exact) mass is 518 g/mol. The van der Waals surface area contributed by atoms with Gasteiger partial charge in [-0.15, -0.1) is 5.10 Å². The Morgan fingerprint density at radius 2 is 1.83 bits per heavy atom. The molecule has 0 aliphatic carbocycles. The predicted octanol–water partition coefficient (Wildman–Crippen LogP) is 5.47. The van der Waals surface area contributed by atoms with Gasteiger partial charge in [0.2, 0.25) is 0 Å². The number of benzene rings is 2. The maximum atomic E-state index is 12.9. The molecule has 0 atom stereocenters. The van der Waals surface area contributed by atoms with Crippen molar-refractivity contribution < 1.29 is 27.5 Å². The number of urea groups is 1. The number of anilines is 3. The minimum atomic E-state index is -4.58. The van der Waals surface area contributed by atoms with Gasteiger partial charge in [0.05, 0.1) is 22.9 Å². The van der Waals surface area contributed by atoms with Gasteiger partial charge in [0, 0.05) is 17.4 Å². The summed E-state index contributed by atoms with van der Waals surface area (Å²) in [5.41, 5.74) is 7.18. The van der Waals surface area contributed by atoms with Crippen molar-refractivity contribution in [3.63, 3.8) is 0 Å². The number of amides is 2. The zero-order valence-corrected chi connectivity index (χ0v) is 19.3. The minimum Gasteiger partial charge on any atom is -0.460 e. The Hall–Kier alpha value is -4.32. The fourth-order valence-corrected chi connectivity index (χ4v) is 3.55. The number of nitrogens with one attached hydrogen (secondary N) is 2. The number of nitrogens with two attached hydrogens (primary N) is 1. The Kier molecular flexibility index (Phi) is 6.71. The maximum absolute atomic E-state index is 12.9. The lowest BCUT2D eigenvalue weighted by atomic mass is 10.1. The van der Waals surface area contributed by atoms with E-state index in [1.54, 1.807) is 43.5 Å².